The van der Waals surface area contributed by atoms with Gasteiger partial charge in [-0.2, -0.15) is 0 Å². The second-order valence-corrected chi connectivity index (χ2v) is 11.2. The highest BCUT2D eigenvalue weighted by Crippen LogP contribution is 2.73. The molecule has 4 heteroatoms. The van der Waals surface area contributed by atoms with Crippen LogP contribution in [0.2, 0.25) is 0 Å². The van der Waals surface area contributed by atoms with Gasteiger partial charge >= 0.3 is 7.12 Å². The lowest BCUT2D eigenvalue weighted by atomic mass is 9.80. The summed E-state index contributed by atoms with van der Waals surface area (Å²) in [6.07, 6.45) is 0. The lowest BCUT2D eigenvalue weighted by Crippen LogP contribution is -2.29. The Kier molecular flexibility index (Phi) is 6.37. The molecule has 0 heterocycles. The average Bonchev–Trinajstić information content (AvgIpc) is 2.91. The van der Waals surface area contributed by atoms with E-state index < -0.39 is 17.1 Å². The van der Waals surface area contributed by atoms with Gasteiger partial charge in [0.25, 0.3) is 0 Å². The molecule has 0 fully saturated rings. The quantitative estimate of drug-likeness (QED) is 0.289. The van der Waals surface area contributed by atoms with E-state index in [2.05, 4.69) is 115 Å². The number of rotatable bonds is 6. The average molecular weight is 460 g/mol. The van der Waals surface area contributed by atoms with Crippen molar-refractivity contribution in [2.75, 3.05) is 0 Å². The Labute approximate surface area is 202 Å². The van der Waals surface area contributed by atoms with E-state index in [0.29, 0.717) is 5.46 Å². The highest BCUT2D eigenvalue weighted by atomic mass is 32.3. The molecule has 0 aliphatic carbocycles. The molecule has 2 nitrogen and oxygen atoms in total. The van der Waals surface area contributed by atoms with E-state index in [9.17, 15) is 10.0 Å². The first kappa shape index (κ1) is 22.2. The van der Waals surface area contributed by atoms with Gasteiger partial charge in [-0.05, 0) is 65.1 Å². The van der Waals surface area contributed by atoms with Crippen LogP contribution in [-0.2, 0) is 0 Å². The summed E-state index contributed by atoms with van der Waals surface area (Å²) in [4.78, 5) is 5.14. The second-order valence-electron chi connectivity index (χ2n) is 8.07. The number of hydrogen-bond donors (Lipinski definition) is 2. The summed E-state index contributed by atoms with van der Waals surface area (Å²) in [7, 11) is -3.15. The smallest absolute Gasteiger partial charge is 0.423 e. The molecule has 166 valence electrons. The molecule has 0 bridgehead atoms. The standard InChI is InChI=1S/C30H25BO2S/c32-31(33)26-20-16-24(17-21-26)25-18-22-30(23-19-25)34(27-10-4-1-5-11-27,28-12-6-2-7-13-28)29-14-8-3-9-15-29/h1-23,32-33H. The van der Waals surface area contributed by atoms with Crippen molar-refractivity contribution in [3.63, 3.8) is 0 Å². The van der Waals surface area contributed by atoms with E-state index in [1.807, 2.05) is 12.1 Å². The van der Waals surface area contributed by atoms with Crippen molar-refractivity contribution in [3.05, 3.63) is 140 Å². The van der Waals surface area contributed by atoms with Crippen LogP contribution in [0.1, 0.15) is 0 Å². The maximum absolute atomic E-state index is 9.39. The Bertz CT molecular complexity index is 1240. The van der Waals surface area contributed by atoms with Gasteiger partial charge < -0.3 is 10.0 Å². The van der Waals surface area contributed by atoms with Crippen LogP contribution in [0, 0.1) is 0 Å². The minimum absolute atomic E-state index is 0.487. The first-order chi connectivity index (χ1) is 16.7. The zero-order valence-corrected chi connectivity index (χ0v) is 19.5. The van der Waals surface area contributed by atoms with Crippen molar-refractivity contribution >= 4 is 22.6 Å². The third-order valence-electron chi connectivity index (χ3n) is 6.04. The normalized spacial score (nSPS) is 11.7. The van der Waals surface area contributed by atoms with Gasteiger partial charge in [-0.3, -0.25) is 0 Å². The van der Waals surface area contributed by atoms with E-state index in [4.69, 9.17) is 0 Å². The van der Waals surface area contributed by atoms with Crippen LogP contribution in [-0.4, -0.2) is 17.2 Å². The van der Waals surface area contributed by atoms with Crippen LogP contribution in [0.4, 0.5) is 0 Å². The maximum atomic E-state index is 9.39. The topological polar surface area (TPSA) is 40.5 Å². The lowest BCUT2D eigenvalue weighted by Gasteiger charge is -2.42. The van der Waals surface area contributed by atoms with E-state index in [0.717, 1.165) is 11.1 Å². The molecule has 0 aliphatic heterocycles. The molecular weight excluding hydrogens is 435 g/mol. The van der Waals surface area contributed by atoms with Crippen molar-refractivity contribution in [1.82, 2.24) is 0 Å². The van der Waals surface area contributed by atoms with Crippen LogP contribution in [0.25, 0.3) is 11.1 Å². The Morgan fingerprint density at radius 1 is 0.382 bits per heavy atom. The monoisotopic (exact) mass is 460 g/mol. The Morgan fingerprint density at radius 3 is 1.06 bits per heavy atom. The molecule has 5 aromatic rings. The molecule has 0 amide bonds. The van der Waals surface area contributed by atoms with E-state index in [1.165, 1.54) is 19.6 Å². The van der Waals surface area contributed by atoms with E-state index in [1.54, 1.807) is 12.1 Å². The van der Waals surface area contributed by atoms with Crippen LogP contribution >= 0.6 is 10.0 Å². The minimum atomic E-state index is -1.69. The molecule has 0 spiro atoms. The molecule has 0 aromatic heterocycles. The van der Waals surface area contributed by atoms with Crippen LogP contribution < -0.4 is 5.46 Å². The summed E-state index contributed by atoms with van der Waals surface area (Å²) in [5, 5.41) is 18.8. The molecule has 0 saturated carbocycles. The van der Waals surface area contributed by atoms with Crippen molar-refractivity contribution in [3.8, 4) is 11.1 Å². The molecule has 0 aliphatic rings. The largest absolute Gasteiger partial charge is 0.488 e. The molecule has 2 N–H and O–H groups in total. The summed E-state index contributed by atoms with van der Waals surface area (Å²) in [5.41, 5.74) is 2.61. The fourth-order valence-electron chi connectivity index (χ4n) is 4.39. The van der Waals surface area contributed by atoms with E-state index in [-0.39, 0.29) is 0 Å². The first-order valence-corrected chi connectivity index (χ1v) is 12.9. The molecule has 5 rings (SSSR count). The SMILES string of the molecule is OB(O)c1ccc(-c2ccc(S(c3ccccc3)(c3ccccc3)c3ccccc3)cc2)cc1. The Balaban J connectivity index is 1.70. The van der Waals surface area contributed by atoms with Gasteiger partial charge in [0.1, 0.15) is 0 Å². The van der Waals surface area contributed by atoms with Crippen molar-refractivity contribution in [2.45, 2.75) is 19.6 Å². The van der Waals surface area contributed by atoms with Crippen LogP contribution in [0.15, 0.2) is 159 Å². The second kappa shape index (κ2) is 9.74. The highest BCUT2D eigenvalue weighted by Gasteiger charge is 2.32. The summed E-state index contributed by atoms with van der Waals surface area (Å²) >= 11 is 0. The summed E-state index contributed by atoms with van der Waals surface area (Å²) < 4.78 is 0. The highest BCUT2D eigenvalue weighted by molar-refractivity contribution is 8.34. The van der Waals surface area contributed by atoms with Gasteiger partial charge in [-0.1, -0.05) is 91.0 Å². The fourth-order valence-corrected chi connectivity index (χ4v) is 8.26. The first-order valence-electron chi connectivity index (χ1n) is 11.2. The molecule has 0 unspecified atom stereocenters. The van der Waals surface area contributed by atoms with Crippen LogP contribution in [0.5, 0.6) is 0 Å². The molecular formula is C30H25BO2S. The summed E-state index contributed by atoms with van der Waals surface area (Å²) in [5.74, 6) is 0. The molecule has 34 heavy (non-hydrogen) atoms. The van der Waals surface area contributed by atoms with Gasteiger partial charge in [0.15, 0.2) is 0 Å². The third-order valence-corrected chi connectivity index (χ3v) is 9.96. The van der Waals surface area contributed by atoms with E-state index >= 15 is 0 Å². The zero-order valence-electron chi connectivity index (χ0n) is 18.7. The third kappa shape index (κ3) is 4.08. The van der Waals surface area contributed by atoms with Crippen molar-refractivity contribution in [1.29, 1.82) is 0 Å². The molecule has 0 saturated heterocycles. The zero-order chi connectivity index (χ0) is 23.4. The van der Waals surface area contributed by atoms with Crippen LogP contribution in [0.3, 0.4) is 0 Å². The van der Waals surface area contributed by atoms with Gasteiger partial charge in [0.2, 0.25) is 0 Å². The van der Waals surface area contributed by atoms with Gasteiger partial charge in [0, 0.05) is 19.6 Å². The maximum Gasteiger partial charge on any atom is 0.488 e. The number of benzene rings is 5. The van der Waals surface area contributed by atoms with Crippen molar-refractivity contribution in [2.24, 2.45) is 0 Å². The predicted molar refractivity (Wildman–Crippen MR) is 142 cm³/mol. The summed E-state index contributed by atoms with van der Waals surface area (Å²) in [6, 6.07) is 48.5. The predicted octanol–water partition coefficient (Wildman–Crippen LogP) is 6.37. The van der Waals surface area contributed by atoms with Crippen molar-refractivity contribution < 1.29 is 10.0 Å². The summed E-state index contributed by atoms with van der Waals surface area (Å²) in [6.45, 7) is 0. The lowest BCUT2D eigenvalue weighted by molar-refractivity contribution is 0.426. The molecule has 0 radical (unpaired) electrons. The molecule has 0 atom stereocenters. The Morgan fingerprint density at radius 2 is 0.706 bits per heavy atom. The van der Waals surface area contributed by atoms with Gasteiger partial charge in [0.05, 0.1) is 0 Å². The van der Waals surface area contributed by atoms with Gasteiger partial charge in [-0.25, -0.2) is 0 Å². The molecule has 5 aromatic carbocycles. The minimum Gasteiger partial charge on any atom is -0.423 e. The fraction of sp³-hybridized carbons (Fsp3) is 0. The Hall–Kier alpha value is -3.57. The van der Waals surface area contributed by atoms with Gasteiger partial charge in [-0.15, -0.1) is 10.0 Å². The number of hydrogen-bond acceptors (Lipinski definition) is 2.